The summed E-state index contributed by atoms with van der Waals surface area (Å²) < 4.78 is 1.83. The van der Waals surface area contributed by atoms with Crippen LogP contribution >= 0.6 is 54.8 Å². The minimum Gasteiger partial charge on any atom is -0.126 e. The van der Waals surface area contributed by atoms with Gasteiger partial charge in [-0.15, -0.1) is 11.3 Å². The van der Waals surface area contributed by atoms with Gasteiger partial charge in [-0.05, 0) is 33.8 Å². The van der Waals surface area contributed by atoms with Crippen LogP contribution < -0.4 is 0 Å². The van der Waals surface area contributed by atoms with E-state index >= 15 is 0 Å². The Hall–Kier alpha value is 0.950. The van der Waals surface area contributed by atoms with Crippen molar-refractivity contribution in [2.45, 2.75) is 32.0 Å². The molecule has 1 aromatic heterocycles. The molecule has 4 heteroatoms. The highest BCUT2D eigenvalue weighted by molar-refractivity contribution is 9.10. The van der Waals surface area contributed by atoms with Crippen molar-refractivity contribution in [3.8, 4) is 0 Å². The lowest BCUT2D eigenvalue weighted by Crippen LogP contribution is -2.15. The van der Waals surface area contributed by atoms with Gasteiger partial charge in [0.2, 0.25) is 0 Å². The van der Waals surface area contributed by atoms with E-state index in [0.717, 1.165) is 15.2 Å². The summed E-state index contributed by atoms with van der Waals surface area (Å²) in [6.07, 6.45) is 1.13. The maximum Gasteiger partial charge on any atom is 0.107 e. The van der Waals surface area contributed by atoms with Gasteiger partial charge in [0.1, 0.15) is 4.34 Å². The van der Waals surface area contributed by atoms with Gasteiger partial charge in [0, 0.05) is 9.35 Å². The third-order valence-electron chi connectivity index (χ3n) is 2.51. The van der Waals surface area contributed by atoms with Crippen LogP contribution in [0.1, 0.15) is 36.9 Å². The molecule has 1 unspecified atom stereocenters. The number of thiophene rings is 1. The van der Waals surface area contributed by atoms with E-state index in [9.17, 15) is 0 Å². The molecule has 0 aliphatic carbocycles. The third-order valence-corrected chi connectivity index (χ3v) is 7.09. The second-order valence-electron chi connectivity index (χ2n) is 3.98. The normalized spacial score (nSPS) is 14.4. The standard InChI is InChI=1S/C10H13Br2ClS/c1-4-10(2,3)8(12)7-5-6(11)9(13)14-7/h5,8H,4H2,1-3H3. The van der Waals surface area contributed by atoms with Gasteiger partial charge >= 0.3 is 0 Å². The molecule has 0 aliphatic rings. The summed E-state index contributed by atoms with van der Waals surface area (Å²) in [7, 11) is 0. The first-order valence-corrected chi connectivity index (χ1v) is 7.37. The van der Waals surface area contributed by atoms with Crippen molar-refractivity contribution >= 4 is 54.8 Å². The third kappa shape index (κ3) is 2.75. The van der Waals surface area contributed by atoms with Gasteiger partial charge in [-0.3, -0.25) is 0 Å². The molecule has 0 spiro atoms. The molecule has 0 amide bonds. The Bertz CT molecular complexity index is 300. The van der Waals surface area contributed by atoms with E-state index < -0.39 is 0 Å². The molecule has 0 aliphatic heterocycles. The summed E-state index contributed by atoms with van der Waals surface area (Å²) >= 11 is 14.8. The predicted octanol–water partition coefficient (Wildman–Crippen LogP) is 6.04. The maximum absolute atomic E-state index is 6.02. The molecule has 80 valence electrons. The van der Waals surface area contributed by atoms with Crippen molar-refractivity contribution in [1.29, 1.82) is 0 Å². The van der Waals surface area contributed by atoms with Crippen LogP contribution in [0.15, 0.2) is 10.5 Å². The lowest BCUT2D eigenvalue weighted by Gasteiger charge is -2.28. The van der Waals surface area contributed by atoms with Crippen LogP contribution in [0.2, 0.25) is 4.34 Å². The highest BCUT2D eigenvalue weighted by Crippen LogP contribution is 2.47. The summed E-state index contributed by atoms with van der Waals surface area (Å²) in [5, 5.41) is 0. The van der Waals surface area contributed by atoms with Crippen molar-refractivity contribution in [3.05, 3.63) is 19.8 Å². The number of hydrogen-bond donors (Lipinski definition) is 0. The molecule has 0 radical (unpaired) electrons. The van der Waals surface area contributed by atoms with Crippen LogP contribution in [-0.4, -0.2) is 0 Å². The van der Waals surface area contributed by atoms with Gasteiger partial charge < -0.3 is 0 Å². The fourth-order valence-corrected chi connectivity index (χ4v) is 3.71. The van der Waals surface area contributed by atoms with Gasteiger partial charge in [0.05, 0.1) is 4.83 Å². The van der Waals surface area contributed by atoms with Crippen LogP contribution in [-0.2, 0) is 0 Å². The summed E-state index contributed by atoms with van der Waals surface area (Å²) in [6, 6.07) is 2.10. The second kappa shape index (κ2) is 4.86. The first-order chi connectivity index (χ1) is 6.38. The van der Waals surface area contributed by atoms with Crippen molar-refractivity contribution in [3.63, 3.8) is 0 Å². The maximum atomic E-state index is 6.02. The van der Waals surface area contributed by atoms with Crippen LogP contribution in [0.25, 0.3) is 0 Å². The van der Waals surface area contributed by atoms with Crippen molar-refractivity contribution in [1.82, 2.24) is 0 Å². The Labute approximate surface area is 111 Å². The van der Waals surface area contributed by atoms with Crippen LogP contribution in [0, 0.1) is 5.41 Å². The van der Waals surface area contributed by atoms with Crippen LogP contribution in [0.3, 0.4) is 0 Å². The van der Waals surface area contributed by atoms with Gasteiger partial charge in [0.25, 0.3) is 0 Å². The first kappa shape index (κ1) is 13.0. The Morgan fingerprint density at radius 1 is 1.57 bits per heavy atom. The van der Waals surface area contributed by atoms with Crippen LogP contribution in [0.4, 0.5) is 0 Å². The van der Waals surface area contributed by atoms with Crippen molar-refractivity contribution < 1.29 is 0 Å². The molecule has 0 nitrogen and oxygen atoms in total. The van der Waals surface area contributed by atoms with Gasteiger partial charge in [-0.1, -0.05) is 48.3 Å². The van der Waals surface area contributed by atoms with Gasteiger partial charge in [-0.2, -0.15) is 0 Å². The summed E-state index contributed by atoms with van der Waals surface area (Å²) in [6.45, 7) is 6.72. The zero-order chi connectivity index (χ0) is 10.9. The lowest BCUT2D eigenvalue weighted by molar-refractivity contribution is 0.348. The van der Waals surface area contributed by atoms with Gasteiger partial charge in [0.15, 0.2) is 0 Å². The number of rotatable bonds is 3. The topological polar surface area (TPSA) is 0 Å². The highest BCUT2D eigenvalue weighted by Gasteiger charge is 2.28. The van der Waals surface area contributed by atoms with E-state index in [4.69, 9.17) is 11.6 Å². The van der Waals surface area contributed by atoms with E-state index in [1.807, 2.05) is 0 Å². The molecular formula is C10H13Br2ClS. The Morgan fingerprint density at radius 3 is 2.50 bits per heavy atom. The average molecular weight is 361 g/mol. The molecule has 14 heavy (non-hydrogen) atoms. The molecule has 1 atom stereocenters. The SMILES string of the molecule is CCC(C)(C)C(Br)c1cc(Br)c(Cl)s1. The largest absolute Gasteiger partial charge is 0.126 e. The molecule has 1 aromatic rings. The summed E-state index contributed by atoms with van der Waals surface area (Å²) in [5.74, 6) is 0. The molecular weight excluding hydrogens is 347 g/mol. The van der Waals surface area contributed by atoms with E-state index in [2.05, 4.69) is 58.7 Å². The fraction of sp³-hybridized carbons (Fsp3) is 0.600. The highest BCUT2D eigenvalue weighted by atomic mass is 79.9. The molecule has 0 aromatic carbocycles. The number of alkyl halides is 1. The Balaban J connectivity index is 2.94. The van der Waals surface area contributed by atoms with Gasteiger partial charge in [-0.25, -0.2) is 0 Å². The monoisotopic (exact) mass is 358 g/mol. The zero-order valence-electron chi connectivity index (χ0n) is 8.40. The first-order valence-electron chi connectivity index (χ1n) is 4.47. The predicted molar refractivity (Wildman–Crippen MR) is 72.8 cm³/mol. The van der Waals surface area contributed by atoms with Crippen molar-refractivity contribution in [2.75, 3.05) is 0 Å². The van der Waals surface area contributed by atoms with Crippen molar-refractivity contribution in [2.24, 2.45) is 5.41 Å². The Kier molecular flexibility index (Phi) is 4.51. The molecule has 0 bridgehead atoms. The lowest BCUT2D eigenvalue weighted by atomic mass is 9.86. The molecule has 1 heterocycles. The quantitative estimate of drug-likeness (QED) is 0.577. The minimum absolute atomic E-state index is 0.258. The Morgan fingerprint density at radius 2 is 2.14 bits per heavy atom. The molecule has 0 N–H and O–H groups in total. The summed E-state index contributed by atoms with van der Waals surface area (Å²) in [5.41, 5.74) is 0.258. The van der Waals surface area contributed by atoms with Crippen LogP contribution in [0.5, 0.6) is 0 Å². The zero-order valence-corrected chi connectivity index (χ0v) is 13.1. The van der Waals surface area contributed by atoms with E-state index in [1.54, 1.807) is 11.3 Å². The number of hydrogen-bond acceptors (Lipinski definition) is 1. The molecule has 1 rings (SSSR count). The minimum atomic E-state index is 0.258. The van der Waals surface area contributed by atoms with E-state index in [1.165, 1.54) is 4.88 Å². The summed E-state index contributed by atoms with van der Waals surface area (Å²) in [4.78, 5) is 1.66. The smallest absolute Gasteiger partial charge is 0.107 e. The second-order valence-corrected chi connectivity index (χ2v) is 7.43. The van der Waals surface area contributed by atoms with E-state index in [0.29, 0.717) is 4.83 Å². The molecule has 0 saturated carbocycles. The average Bonchev–Trinajstić information content (AvgIpc) is 2.45. The number of halogens is 3. The molecule has 0 fully saturated rings. The van der Waals surface area contributed by atoms with E-state index in [-0.39, 0.29) is 5.41 Å². The molecule has 0 saturated heterocycles. The fourth-order valence-electron chi connectivity index (χ4n) is 1.05.